The lowest BCUT2D eigenvalue weighted by atomic mass is 9.87. The van der Waals surface area contributed by atoms with E-state index in [0.29, 0.717) is 11.5 Å². The van der Waals surface area contributed by atoms with E-state index in [0.717, 1.165) is 16.9 Å². The van der Waals surface area contributed by atoms with Gasteiger partial charge in [0.1, 0.15) is 17.8 Å². The maximum Gasteiger partial charge on any atom is 0.142 e. The molecule has 1 atom stereocenters. The topological polar surface area (TPSA) is 53.6 Å². The first-order valence-electron chi connectivity index (χ1n) is 6.21. The van der Waals surface area contributed by atoms with E-state index in [1.165, 1.54) is 19.3 Å². The minimum atomic E-state index is 0.355. The summed E-state index contributed by atoms with van der Waals surface area (Å²) in [5, 5.41) is 4.67. The van der Waals surface area contributed by atoms with Crippen LogP contribution in [0.1, 0.15) is 33.1 Å². The standard InChI is InChI=1S/C13H18N4/c1-13(2)6-3-4-10(13)17-12-9-5-7-14-11(9)15-8-16-12/h5,7-8,10H,3-4,6H2,1-2H3,(H2,14,15,16,17)/t10-/m1/s1. The van der Waals surface area contributed by atoms with Gasteiger partial charge in [-0.1, -0.05) is 20.3 Å². The van der Waals surface area contributed by atoms with Gasteiger partial charge in [-0.3, -0.25) is 0 Å². The molecule has 2 N–H and O–H groups in total. The molecule has 4 heteroatoms. The number of fused-ring (bicyclic) bond motifs is 1. The molecule has 17 heavy (non-hydrogen) atoms. The minimum absolute atomic E-state index is 0.355. The zero-order chi connectivity index (χ0) is 11.9. The molecule has 0 unspecified atom stereocenters. The molecule has 1 aliphatic carbocycles. The number of hydrogen-bond donors (Lipinski definition) is 2. The first kappa shape index (κ1) is 10.6. The van der Waals surface area contributed by atoms with Crippen molar-refractivity contribution in [1.29, 1.82) is 0 Å². The second-order valence-corrected chi connectivity index (χ2v) is 5.54. The zero-order valence-corrected chi connectivity index (χ0v) is 10.3. The summed E-state index contributed by atoms with van der Waals surface area (Å²) in [7, 11) is 0. The van der Waals surface area contributed by atoms with Gasteiger partial charge in [-0.15, -0.1) is 0 Å². The van der Waals surface area contributed by atoms with E-state index in [1.807, 2.05) is 12.3 Å². The number of hydrogen-bond acceptors (Lipinski definition) is 3. The van der Waals surface area contributed by atoms with Gasteiger partial charge in [-0.25, -0.2) is 9.97 Å². The smallest absolute Gasteiger partial charge is 0.142 e. The Hall–Kier alpha value is -1.58. The van der Waals surface area contributed by atoms with Crippen LogP contribution < -0.4 is 5.32 Å². The Morgan fingerprint density at radius 2 is 2.29 bits per heavy atom. The third kappa shape index (κ3) is 1.77. The highest BCUT2D eigenvalue weighted by atomic mass is 15.1. The molecule has 1 fully saturated rings. The van der Waals surface area contributed by atoms with Crippen molar-refractivity contribution in [3.05, 3.63) is 18.6 Å². The maximum absolute atomic E-state index is 4.37. The number of nitrogens with one attached hydrogen (secondary N) is 2. The van der Waals surface area contributed by atoms with Crippen LogP contribution in [0.3, 0.4) is 0 Å². The number of nitrogens with zero attached hydrogens (tertiary/aromatic N) is 2. The van der Waals surface area contributed by atoms with Crippen molar-refractivity contribution in [1.82, 2.24) is 15.0 Å². The van der Waals surface area contributed by atoms with E-state index in [1.54, 1.807) is 6.33 Å². The quantitative estimate of drug-likeness (QED) is 0.834. The molecule has 1 aliphatic rings. The molecule has 1 saturated carbocycles. The average molecular weight is 230 g/mol. The summed E-state index contributed by atoms with van der Waals surface area (Å²) in [6, 6.07) is 2.54. The lowest BCUT2D eigenvalue weighted by molar-refractivity contribution is 0.349. The van der Waals surface area contributed by atoms with Crippen LogP contribution in [-0.2, 0) is 0 Å². The summed E-state index contributed by atoms with van der Waals surface area (Å²) in [6.07, 6.45) is 7.33. The monoisotopic (exact) mass is 230 g/mol. The normalized spacial score (nSPS) is 23.1. The Balaban J connectivity index is 1.92. The van der Waals surface area contributed by atoms with Crippen molar-refractivity contribution in [2.24, 2.45) is 5.41 Å². The van der Waals surface area contributed by atoms with E-state index in [4.69, 9.17) is 0 Å². The lowest BCUT2D eigenvalue weighted by Gasteiger charge is -2.28. The number of anilines is 1. The van der Waals surface area contributed by atoms with Crippen LogP contribution in [-0.4, -0.2) is 21.0 Å². The van der Waals surface area contributed by atoms with Crippen molar-refractivity contribution in [3.63, 3.8) is 0 Å². The van der Waals surface area contributed by atoms with Crippen LogP contribution >= 0.6 is 0 Å². The zero-order valence-electron chi connectivity index (χ0n) is 10.3. The van der Waals surface area contributed by atoms with Gasteiger partial charge in [0.25, 0.3) is 0 Å². The highest BCUT2D eigenvalue weighted by Crippen LogP contribution is 2.39. The molecule has 90 valence electrons. The van der Waals surface area contributed by atoms with E-state index in [9.17, 15) is 0 Å². The predicted molar refractivity (Wildman–Crippen MR) is 68.9 cm³/mol. The second kappa shape index (κ2) is 3.72. The maximum atomic E-state index is 4.37. The van der Waals surface area contributed by atoms with Gasteiger partial charge in [0, 0.05) is 12.2 Å². The molecule has 0 bridgehead atoms. The highest BCUT2D eigenvalue weighted by molar-refractivity contribution is 5.86. The summed E-state index contributed by atoms with van der Waals surface area (Å²) in [5.41, 5.74) is 1.26. The van der Waals surface area contributed by atoms with Crippen LogP contribution in [0.15, 0.2) is 18.6 Å². The Bertz CT molecular complexity index is 529. The van der Waals surface area contributed by atoms with Crippen LogP contribution in [0.2, 0.25) is 0 Å². The Labute approximate surface area is 101 Å². The third-order valence-corrected chi connectivity index (χ3v) is 3.92. The number of aromatic nitrogens is 3. The second-order valence-electron chi connectivity index (χ2n) is 5.54. The number of rotatable bonds is 2. The van der Waals surface area contributed by atoms with E-state index >= 15 is 0 Å². The molecule has 0 radical (unpaired) electrons. The molecule has 2 aromatic rings. The van der Waals surface area contributed by atoms with E-state index in [-0.39, 0.29) is 0 Å². The fourth-order valence-electron chi connectivity index (χ4n) is 2.75. The summed E-state index contributed by atoms with van der Waals surface area (Å²) in [4.78, 5) is 11.7. The number of aromatic amines is 1. The first-order valence-corrected chi connectivity index (χ1v) is 6.21. The molecule has 4 nitrogen and oxygen atoms in total. The fourth-order valence-corrected chi connectivity index (χ4v) is 2.75. The van der Waals surface area contributed by atoms with Gasteiger partial charge in [-0.05, 0) is 24.3 Å². The van der Waals surface area contributed by atoms with Crippen molar-refractivity contribution >= 4 is 16.9 Å². The molecular weight excluding hydrogens is 212 g/mol. The Kier molecular flexibility index (Phi) is 2.31. The van der Waals surface area contributed by atoms with Crippen LogP contribution in [0, 0.1) is 5.41 Å². The molecule has 0 saturated heterocycles. The summed E-state index contributed by atoms with van der Waals surface area (Å²) < 4.78 is 0. The first-order chi connectivity index (χ1) is 8.17. The molecule has 0 amide bonds. The van der Waals surface area contributed by atoms with Crippen LogP contribution in [0.25, 0.3) is 11.0 Å². The third-order valence-electron chi connectivity index (χ3n) is 3.92. The molecule has 0 aliphatic heterocycles. The van der Waals surface area contributed by atoms with E-state index < -0.39 is 0 Å². The Morgan fingerprint density at radius 3 is 3.06 bits per heavy atom. The molecule has 2 aromatic heterocycles. The van der Waals surface area contributed by atoms with Gasteiger partial charge >= 0.3 is 0 Å². The largest absolute Gasteiger partial charge is 0.366 e. The number of H-pyrrole nitrogens is 1. The summed E-state index contributed by atoms with van der Waals surface area (Å²) in [5.74, 6) is 0.955. The minimum Gasteiger partial charge on any atom is -0.366 e. The summed E-state index contributed by atoms with van der Waals surface area (Å²) in [6.45, 7) is 4.65. The molecule has 2 heterocycles. The average Bonchev–Trinajstić information content (AvgIpc) is 2.86. The molecule has 0 spiro atoms. The van der Waals surface area contributed by atoms with Gasteiger partial charge in [0.2, 0.25) is 0 Å². The SMILES string of the molecule is CC1(C)CCC[C@H]1Nc1ncnc2[nH]ccc12. The van der Waals surface area contributed by atoms with Crippen molar-refractivity contribution in [2.45, 2.75) is 39.2 Å². The van der Waals surface area contributed by atoms with Gasteiger partial charge in [-0.2, -0.15) is 0 Å². The molecule has 0 aromatic carbocycles. The van der Waals surface area contributed by atoms with Crippen molar-refractivity contribution in [3.8, 4) is 0 Å². The van der Waals surface area contributed by atoms with Crippen molar-refractivity contribution < 1.29 is 0 Å². The summed E-state index contributed by atoms with van der Waals surface area (Å²) >= 11 is 0. The van der Waals surface area contributed by atoms with Gasteiger partial charge in [0.05, 0.1) is 5.39 Å². The lowest BCUT2D eigenvalue weighted by Crippen LogP contribution is -2.31. The molecule has 3 rings (SSSR count). The predicted octanol–water partition coefficient (Wildman–Crippen LogP) is 2.95. The van der Waals surface area contributed by atoms with Crippen LogP contribution in [0.4, 0.5) is 5.82 Å². The van der Waals surface area contributed by atoms with Crippen molar-refractivity contribution in [2.75, 3.05) is 5.32 Å². The Morgan fingerprint density at radius 1 is 1.41 bits per heavy atom. The highest BCUT2D eigenvalue weighted by Gasteiger charge is 2.34. The van der Waals surface area contributed by atoms with Crippen LogP contribution in [0.5, 0.6) is 0 Å². The van der Waals surface area contributed by atoms with E-state index in [2.05, 4.69) is 34.1 Å². The van der Waals surface area contributed by atoms with Gasteiger partial charge in [0.15, 0.2) is 0 Å². The van der Waals surface area contributed by atoms with Gasteiger partial charge < -0.3 is 10.3 Å². The fraction of sp³-hybridized carbons (Fsp3) is 0.538. The molecular formula is C13H18N4.